The number of pyridine rings is 1. The number of benzene rings is 2. The Balaban J connectivity index is 1.67. The van der Waals surface area contributed by atoms with Gasteiger partial charge in [0.1, 0.15) is 17.5 Å². The highest BCUT2D eigenvalue weighted by Gasteiger charge is 2.18. The summed E-state index contributed by atoms with van der Waals surface area (Å²) in [6, 6.07) is 19.5. The van der Waals surface area contributed by atoms with Gasteiger partial charge in [0, 0.05) is 11.8 Å². The standard InChI is InChI=1S/C24H23N3O2/c1-24(2,3)19-10-6-17(7-11-19)22(15-25)27-23(28)18-8-12-20(13-9-18)29-21-5-4-14-26-16-21/h4-14,16,22H,1-3H3,(H,27,28). The highest BCUT2D eigenvalue weighted by molar-refractivity contribution is 5.94. The van der Waals surface area contributed by atoms with E-state index in [1.54, 1.807) is 48.8 Å². The predicted octanol–water partition coefficient (Wildman–Crippen LogP) is 5.17. The number of carbonyl (C=O) groups excluding carboxylic acids is 1. The summed E-state index contributed by atoms with van der Waals surface area (Å²) in [6.07, 6.45) is 3.28. The molecule has 1 heterocycles. The Morgan fingerprint density at radius 1 is 1.03 bits per heavy atom. The first-order chi connectivity index (χ1) is 13.9. The van der Waals surface area contributed by atoms with Gasteiger partial charge in [-0.05, 0) is 52.9 Å². The zero-order valence-corrected chi connectivity index (χ0v) is 16.7. The quantitative estimate of drug-likeness (QED) is 0.658. The minimum absolute atomic E-state index is 0.0313. The third-order valence-corrected chi connectivity index (χ3v) is 4.50. The van der Waals surface area contributed by atoms with E-state index in [1.807, 2.05) is 24.3 Å². The van der Waals surface area contributed by atoms with Crippen LogP contribution in [0.2, 0.25) is 0 Å². The van der Waals surface area contributed by atoms with E-state index in [0.29, 0.717) is 17.1 Å². The maximum atomic E-state index is 12.6. The number of amides is 1. The normalized spacial score (nSPS) is 11.9. The fourth-order valence-electron chi connectivity index (χ4n) is 2.80. The number of carbonyl (C=O) groups is 1. The Bertz CT molecular complexity index is 999. The van der Waals surface area contributed by atoms with Crippen molar-refractivity contribution in [3.8, 4) is 17.6 Å². The lowest BCUT2D eigenvalue weighted by atomic mass is 9.86. The number of hydrogen-bond acceptors (Lipinski definition) is 4. The lowest BCUT2D eigenvalue weighted by molar-refractivity contribution is 0.0945. The number of ether oxygens (including phenoxy) is 1. The topological polar surface area (TPSA) is 75.0 Å². The second-order valence-corrected chi connectivity index (χ2v) is 7.72. The first-order valence-electron chi connectivity index (χ1n) is 9.36. The fraction of sp³-hybridized carbons (Fsp3) is 0.208. The molecular weight excluding hydrogens is 362 g/mol. The smallest absolute Gasteiger partial charge is 0.252 e. The number of nitriles is 1. The first-order valence-corrected chi connectivity index (χ1v) is 9.36. The van der Waals surface area contributed by atoms with Gasteiger partial charge in [-0.2, -0.15) is 5.26 Å². The van der Waals surface area contributed by atoms with Crippen molar-refractivity contribution in [3.05, 3.63) is 89.7 Å². The average molecular weight is 385 g/mol. The van der Waals surface area contributed by atoms with Gasteiger partial charge in [-0.1, -0.05) is 45.0 Å². The summed E-state index contributed by atoms with van der Waals surface area (Å²) >= 11 is 0. The molecule has 1 N–H and O–H groups in total. The SMILES string of the molecule is CC(C)(C)c1ccc(C(C#N)NC(=O)c2ccc(Oc3cccnc3)cc2)cc1. The van der Waals surface area contributed by atoms with Gasteiger partial charge < -0.3 is 10.1 Å². The van der Waals surface area contributed by atoms with E-state index in [2.05, 4.69) is 37.1 Å². The van der Waals surface area contributed by atoms with Crippen molar-refractivity contribution >= 4 is 5.91 Å². The maximum Gasteiger partial charge on any atom is 0.252 e. The summed E-state index contributed by atoms with van der Waals surface area (Å²) in [5.74, 6) is 0.904. The summed E-state index contributed by atoms with van der Waals surface area (Å²) in [7, 11) is 0. The molecule has 0 aliphatic rings. The Hall–Kier alpha value is -3.65. The molecule has 2 aromatic carbocycles. The number of hydrogen-bond donors (Lipinski definition) is 1. The van der Waals surface area contributed by atoms with Crippen LogP contribution < -0.4 is 10.1 Å². The highest BCUT2D eigenvalue weighted by atomic mass is 16.5. The van der Waals surface area contributed by atoms with Crippen LogP contribution in [0.4, 0.5) is 0 Å². The molecule has 0 aliphatic carbocycles. The zero-order valence-electron chi connectivity index (χ0n) is 16.7. The molecule has 0 spiro atoms. The van der Waals surface area contributed by atoms with Crippen LogP contribution in [0.25, 0.3) is 0 Å². The molecule has 1 atom stereocenters. The van der Waals surface area contributed by atoms with E-state index in [9.17, 15) is 10.1 Å². The third-order valence-electron chi connectivity index (χ3n) is 4.50. The first kappa shape index (κ1) is 20.1. The molecule has 29 heavy (non-hydrogen) atoms. The number of nitrogens with zero attached hydrogens (tertiary/aromatic N) is 2. The Morgan fingerprint density at radius 3 is 2.28 bits per heavy atom. The molecule has 5 heteroatoms. The largest absolute Gasteiger partial charge is 0.456 e. The van der Waals surface area contributed by atoms with Gasteiger partial charge in [0.2, 0.25) is 0 Å². The molecule has 3 rings (SSSR count). The average Bonchev–Trinajstić information content (AvgIpc) is 2.72. The minimum atomic E-state index is -0.720. The van der Waals surface area contributed by atoms with Crippen molar-refractivity contribution in [2.24, 2.45) is 0 Å². The van der Waals surface area contributed by atoms with Gasteiger partial charge in [0.05, 0.1) is 12.3 Å². The van der Waals surface area contributed by atoms with Crippen molar-refractivity contribution < 1.29 is 9.53 Å². The van der Waals surface area contributed by atoms with Crippen LogP contribution in [-0.4, -0.2) is 10.9 Å². The molecule has 0 fully saturated rings. The second-order valence-electron chi connectivity index (χ2n) is 7.72. The number of rotatable bonds is 5. The molecule has 0 radical (unpaired) electrons. The monoisotopic (exact) mass is 385 g/mol. The van der Waals surface area contributed by atoms with Crippen molar-refractivity contribution in [1.29, 1.82) is 5.26 Å². The van der Waals surface area contributed by atoms with Crippen molar-refractivity contribution in [2.75, 3.05) is 0 Å². The molecule has 146 valence electrons. The molecule has 5 nitrogen and oxygen atoms in total. The summed E-state index contributed by atoms with van der Waals surface area (Å²) in [5, 5.41) is 12.3. The number of aromatic nitrogens is 1. The van der Waals surface area contributed by atoms with Gasteiger partial charge in [-0.15, -0.1) is 0 Å². The van der Waals surface area contributed by atoms with E-state index in [-0.39, 0.29) is 11.3 Å². The second kappa shape index (κ2) is 8.57. The molecule has 1 aromatic heterocycles. The van der Waals surface area contributed by atoms with Crippen LogP contribution >= 0.6 is 0 Å². The van der Waals surface area contributed by atoms with Gasteiger partial charge in [-0.3, -0.25) is 9.78 Å². The molecule has 3 aromatic rings. The molecule has 0 bridgehead atoms. The van der Waals surface area contributed by atoms with E-state index >= 15 is 0 Å². The van der Waals surface area contributed by atoms with Crippen LogP contribution in [0, 0.1) is 11.3 Å². The fourth-order valence-corrected chi connectivity index (χ4v) is 2.80. The lowest BCUT2D eigenvalue weighted by Crippen LogP contribution is -2.27. The number of nitrogens with one attached hydrogen (secondary N) is 1. The molecular formula is C24H23N3O2. The van der Waals surface area contributed by atoms with Crippen LogP contribution in [0.5, 0.6) is 11.5 Å². The van der Waals surface area contributed by atoms with E-state index < -0.39 is 6.04 Å². The highest BCUT2D eigenvalue weighted by Crippen LogP contribution is 2.24. The third kappa shape index (κ3) is 5.20. The predicted molar refractivity (Wildman–Crippen MR) is 112 cm³/mol. The van der Waals surface area contributed by atoms with Gasteiger partial charge in [0.25, 0.3) is 5.91 Å². The van der Waals surface area contributed by atoms with Crippen LogP contribution in [0.1, 0.15) is 48.3 Å². The van der Waals surface area contributed by atoms with E-state index in [4.69, 9.17) is 4.74 Å². The van der Waals surface area contributed by atoms with Crippen LogP contribution in [0.15, 0.2) is 73.1 Å². The molecule has 1 unspecified atom stereocenters. The maximum absolute atomic E-state index is 12.6. The summed E-state index contributed by atoms with van der Waals surface area (Å²) in [6.45, 7) is 6.40. The summed E-state index contributed by atoms with van der Waals surface area (Å²) in [4.78, 5) is 16.6. The summed E-state index contributed by atoms with van der Waals surface area (Å²) in [5.41, 5.74) is 2.41. The van der Waals surface area contributed by atoms with E-state index in [0.717, 1.165) is 5.56 Å². The molecule has 1 amide bonds. The molecule has 0 saturated heterocycles. The Morgan fingerprint density at radius 2 is 1.72 bits per heavy atom. The van der Waals surface area contributed by atoms with Crippen molar-refractivity contribution in [3.63, 3.8) is 0 Å². The zero-order chi connectivity index (χ0) is 20.9. The lowest BCUT2D eigenvalue weighted by Gasteiger charge is -2.20. The summed E-state index contributed by atoms with van der Waals surface area (Å²) < 4.78 is 5.68. The minimum Gasteiger partial charge on any atom is -0.456 e. The van der Waals surface area contributed by atoms with Gasteiger partial charge in [0.15, 0.2) is 0 Å². The van der Waals surface area contributed by atoms with Crippen LogP contribution in [-0.2, 0) is 5.41 Å². The van der Waals surface area contributed by atoms with E-state index in [1.165, 1.54) is 5.56 Å². The Labute approximate surface area is 171 Å². The molecule has 0 aliphatic heterocycles. The van der Waals surface area contributed by atoms with Crippen molar-refractivity contribution in [1.82, 2.24) is 10.3 Å². The van der Waals surface area contributed by atoms with Gasteiger partial charge in [-0.25, -0.2) is 0 Å². The molecule has 0 saturated carbocycles. The van der Waals surface area contributed by atoms with Crippen LogP contribution in [0.3, 0.4) is 0 Å². The van der Waals surface area contributed by atoms with Gasteiger partial charge >= 0.3 is 0 Å². The Kier molecular flexibility index (Phi) is 5.94. The van der Waals surface area contributed by atoms with Crippen molar-refractivity contribution in [2.45, 2.75) is 32.2 Å².